The van der Waals surface area contributed by atoms with Gasteiger partial charge in [-0.25, -0.2) is 8.42 Å². The molecule has 0 unspecified atom stereocenters. The third kappa shape index (κ3) is 3.10. The molecule has 1 heterocycles. The second-order valence-corrected chi connectivity index (χ2v) is 6.11. The van der Waals surface area contributed by atoms with Crippen molar-refractivity contribution < 1.29 is 13.2 Å². The molecule has 0 saturated carbocycles. The molecule has 1 aromatic heterocycles. The molecule has 0 aliphatic rings. The van der Waals surface area contributed by atoms with Crippen molar-refractivity contribution in [2.24, 2.45) is 7.05 Å². The Morgan fingerprint density at radius 1 is 1.33 bits per heavy atom. The number of hydrogen-bond acceptors (Lipinski definition) is 5. The lowest BCUT2D eigenvalue weighted by molar-refractivity contribution is 0.340. The van der Waals surface area contributed by atoms with Crippen LogP contribution in [0.25, 0.3) is 0 Å². The average Bonchev–Trinajstić information content (AvgIpc) is 2.66. The first-order chi connectivity index (χ1) is 9.85. The fourth-order valence-electron chi connectivity index (χ4n) is 1.94. The molecule has 1 aromatic carbocycles. The summed E-state index contributed by atoms with van der Waals surface area (Å²) in [7, 11) is -2.14. The summed E-state index contributed by atoms with van der Waals surface area (Å²) in [5.41, 5.74) is 6.58. The zero-order chi connectivity index (χ0) is 15.6. The number of benzene rings is 1. The summed E-state index contributed by atoms with van der Waals surface area (Å²) in [6, 6.07) is 6.65. The summed E-state index contributed by atoms with van der Waals surface area (Å²) in [5, 5.41) is 3.91. The lowest BCUT2D eigenvalue weighted by Gasteiger charge is -2.09. The van der Waals surface area contributed by atoms with E-state index in [1.54, 1.807) is 38.2 Å². The van der Waals surface area contributed by atoms with E-state index in [4.69, 9.17) is 10.5 Å². The predicted octanol–water partition coefficient (Wildman–Crippen LogP) is 1.51. The SMILES string of the molecule is CCOc1ccc(NS(=O)(=O)c2c(N)nn(C)c2C)cc1. The molecule has 0 aliphatic heterocycles. The second-order valence-electron chi connectivity index (χ2n) is 4.49. The van der Waals surface area contributed by atoms with E-state index in [2.05, 4.69) is 9.82 Å². The van der Waals surface area contributed by atoms with Gasteiger partial charge in [0.15, 0.2) is 10.7 Å². The maximum Gasteiger partial charge on any atom is 0.267 e. The predicted molar refractivity (Wildman–Crippen MR) is 80.8 cm³/mol. The van der Waals surface area contributed by atoms with Crippen molar-refractivity contribution >= 4 is 21.5 Å². The first kappa shape index (κ1) is 15.2. The van der Waals surface area contributed by atoms with Crippen LogP contribution in [0.1, 0.15) is 12.6 Å². The van der Waals surface area contributed by atoms with Crippen LogP contribution in [-0.4, -0.2) is 24.8 Å². The van der Waals surface area contributed by atoms with Crippen LogP contribution in [-0.2, 0) is 17.1 Å². The maximum atomic E-state index is 12.4. The van der Waals surface area contributed by atoms with Crippen LogP contribution in [0, 0.1) is 6.92 Å². The molecule has 7 nitrogen and oxygen atoms in total. The van der Waals surface area contributed by atoms with Crippen molar-refractivity contribution in [1.82, 2.24) is 9.78 Å². The number of nitrogens with zero attached hydrogens (tertiary/aromatic N) is 2. The summed E-state index contributed by atoms with van der Waals surface area (Å²) < 4.78 is 34.0. The standard InChI is InChI=1S/C13H18N4O3S/c1-4-20-11-7-5-10(6-8-11)16-21(18,19)12-9(2)17(3)15-13(12)14/h5-8,16H,4H2,1-3H3,(H2,14,15). The third-order valence-corrected chi connectivity index (χ3v) is 4.54. The minimum absolute atomic E-state index is 0.00103. The molecule has 0 spiro atoms. The number of rotatable bonds is 5. The fourth-order valence-corrected chi connectivity index (χ4v) is 3.32. The van der Waals surface area contributed by atoms with Crippen LogP contribution in [0.3, 0.4) is 0 Å². The number of nitrogen functional groups attached to an aromatic ring is 1. The molecule has 0 radical (unpaired) electrons. The van der Waals surface area contributed by atoms with Crippen molar-refractivity contribution in [3.63, 3.8) is 0 Å². The Kier molecular flexibility index (Phi) is 4.08. The van der Waals surface area contributed by atoms with Gasteiger partial charge in [-0.3, -0.25) is 9.40 Å². The molecule has 114 valence electrons. The summed E-state index contributed by atoms with van der Waals surface area (Å²) in [6.45, 7) is 4.08. The van der Waals surface area contributed by atoms with Crippen LogP contribution in [0.4, 0.5) is 11.5 Å². The molecule has 2 aromatic rings. The Hall–Kier alpha value is -2.22. The summed E-state index contributed by atoms with van der Waals surface area (Å²) in [5.74, 6) is 0.658. The molecule has 3 N–H and O–H groups in total. The normalized spacial score (nSPS) is 11.4. The van der Waals surface area contributed by atoms with Gasteiger partial charge in [-0.05, 0) is 38.1 Å². The van der Waals surface area contributed by atoms with Crippen LogP contribution in [0.2, 0.25) is 0 Å². The van der Waals surface area contributed by atoms with Crippen LogP contribution in [0.5, 0.6) is 5.75 Å². The molecule has 8 heteroatoms. The van der Waals surface area contributed by atoms with E-state index in [0.717, 1.165) is 0 Å². The van der Waals surface area contributed by atoms with E-state index in [9.17, 15) is 8.42 Å². The highest BCUT2D eigenvalue weighted by Crippen LogP contribution is 2.25. The number of aromatic nitrogens is 2. The monoisotopic (exact) mass is 310 g/mol. The second kappa shape index (κ2) is 5.65. The first-order valence-corrected chi connectivity index (χ1v) is 7.88. The topological polar surface area (TPSA) is 99.2 Å². The van der Waals surface area contributed by atoms with Crippen LogP contribution in [0.15, 0.2) is 29.2 Å². The molecule has 0 amide bonds. The highest BCUT2D eigenvalue weighted by atomic mass is 32.2. The highest BCUT2D eigenvalue weighted by molar-refractivity contribution is 7.93. The van der Waals surface area contributed by atoms with Gasteiger partial charge < -0.3 is 10.5 Å². The summed E-state index contributed by atoms with van der Waals surface area (Å²) in [4.78, 5) is -0.00103. The molecule has 0 fully saturated rings. The lowest BCUT2D eigenvalue weighted by atomic mass is 10.3. The maximum absolute atomic E-state index is 12.4. The Balaban J connectivity index is 2.29. The van der Waals surface area contributed by atoms with Crippen molar-refractivity contribution in [2.75, 3.05) is 17.1 Å². The van der Waals surface area contributed by atoms with Crippen molar-refractivity contribution in [3.05, 3.63) is 30.0 Å². The Bertz CT molecular complexity index is 736. The fraction of sp³-hybridized carbons (Fsp3) is 0.308. The van der Waals surface area contributed by atoms with Gasteiger partial charge in [0.2, 0.25) is 0 Å². The Labute approximate surface area is 123 Å². The third-order valence-electron chi connectivity index (χ3n) is 2.99. The molecule has 0 bridgehead atoms. The van der Waals surface area contributed by atoms with Gasteiger partial charge in [0.05, 0.1) is 12.3 Å². The van der Waals surface area contributed by atoms with Crippen molar-refractivity contribution in [1.29, 1.82) is 0 Å². The van der Waals surface area contributed by atoms with Crippen molar-refractivity contribution in [3.8, 4) is 5.75 Å². The number of sulfonamides is 1. The number of anilines is 2. The van der Waals surface area contributed by atoms with E-state index in [0.29, 0.717) is 23.7 Å². The zero-order valence-corrected chi connectivity index (χ0v) is 12.9. The number of aryl methyl sites for hydroxylation is 1. The largest absolute Gasteiger partial charge is 0.494 e. The lowest BCUT2D eigenvalue weighted by Crippen LogP contribution is -2.15. The minimum Gasteiger partial charge on any atom is -0.494 e. The quantitative estimate of drug-likeness (QED) is 0.872. The van der Waals surface area contributed by atoms with Gasteiger partial charge in [0.25, 0.3) is 10.0 Å². The molecule has 0 saturated heterocycles. The van der Waals surface area contributed by atoms with Crippen molar-refractivity contribution in [2.45, 2.75) is 18.7 Å². The van der Waals surface area contributed by atoms with Gasteiger partial charge in [-0.2, -0.15) is 5.10 Å². The number of nitrogens with two attached hydrogens (primary N) is 1. The molecular weight excluding hydrogens is 292 g/mol. The summed E-state index contributed by atoms with van der Waals surface area (Å²) in [6.07, 6.45) is 0. The summed E-state index contributed by atoms with van der Waals surface area (Å²) >= 11 is 0. The smallest absolute Gasteiger partial charge is 0.267 e. The molecule has 0 aliphatic carbocycles. The molecule has 21 heavy (non-hydrogen) atoms. The van der Waals surface area contributed by atoms with Crippen LogP contribution < -0.4 is 15.2 Å². The zero-order valence-electron chi connectivity index (χ0n) is 12.1. The van der Waals surface area contributed by atoms with Gasteiger partial charge in [-0.1, -0.05) is 0 Å². The highest BCUT2D eigenvalue weighted by Gasteiger charge is 2.24. The van der Waals surface area contributed by atoms with Gasteiger partial charge in [-0.15, -0.1) is 0 Å². The number of ether oxygens (including phenoxy) is 1. The molecule has 0 atom stereocenters. The molecular formula is C13H18N4O3S. The Morgan fingerprint density at radius 2 is 1.95 bits per heavy atom. The van der Waals surface area contributed by atoms with Crippen LogP contribution >= 0.6 is 0 Å². The first-order valence-electron chi connectivity index (χ1n) is 6.40. The van der Waals surface area contributed by atoms with E-state index in [1.807, 2.05) is 6.92 Å². The van der Waals surface area contributed by atoms with E-state index < -0.39 is 10.0 Å². The Morgan fingerprint density at radius 3 is 2.43 bits per heavy atom. The van der Waals surface area contributed by atoms with E-state index in [1.165, 1.54) is 4.68 Å². The number of nitrogens with one attached hydrogen (secondary N) is 1. The van der Waals surface area contributed by atoms with E-state index >= 15 is 0 Å². The van der Waals surface area contributed by atoms with Gasteiger partial charge in [0, 0.05) is 12.7 Å². The van der Waals surface area contributed by atoms with E-state index in [-0.39, 0.29) is 10.7 Å². The molecule has 2 rings (SSSR count). The van der Waals surface area contributed by atoms with Gasteiger partial charge in [0.1, 0.15) is 5.75 Å². The van der Waals surface area contributed by atoms with Gasteiger partial charge >= 0.3 is 0 Å². The number of hydrogen-bond donors (Lipinski definition) is 2. The average molecular weight is 310 g/mol. The minimum atomic E-state index is -3.78.